The van der Waals surface area contributed by atoms with Gasteiger partial charge in [-0.3, -0.25) is 14.2 Å². The summed E-state index contributed by atoms with van der Waals surface area (Å²) in [5.41, 5.74) is 3.44. The van der Waals surface area contributed by atoms with Crippen LogP contribution in [0.25, 0.3) is 5.69 Å². The van der Waals surface area contributed by atoms with Gasteiger partial charge in [0.15, 0.2) is 11.8 Å². The molecule has 0 bridgehead atoms. The Balaban J connectivity index is 1.38. The van der Waals surface area contributed by atoms with Crippen LogP contribution in [0, 0.1) is 0 Å². The molecule has 2 heterocycles. The quantitative estimate of drug-likeness (QED) is 0.368. The highest BCUT2D eigenvalue weighted by atomic mass is 15.3. The highest BCUT2D eigenvalue weighted by Gasteiger charge is 2.08. The molecule has 4 rings (SSSR count). The maximum Gasteiger partial charge on any atom is 0.191 e. The summed E-state index contributed by atoms with van der Waals surface area (Å²) in [6.45, 7) is 1.89. The van der Waals surface area contributed by atoms with E-state index in [4.69, 9.17) is 0 Å². The number of aromatic nitrogens is 5. The second-order valence-corrected chi connectivity index (χ2v) is 6.70. The van der Waals surface area contributed by atoms with E-state index < -0.39 is 0 Å². The minimum atomic E-state index is 0.503. The Kier molecular flexibility index (Phi) is 6.14. The molecule has 0 amide bonds. The van der Waals surface area contributed by atoms with Gasteiger partial charge in [0.05, 0.1) is 13.1 Å². The van der Waals surface area contributed by atoms with E-state index in [0.717, 1.165) is 18.1 Å². The van der Waals surface area contributed by atoms with Crippen molar-refractivity contribution in [2.75, 3.05) is 7.05 Å². The Hall–Kier alpha value is -3.94. The third-order valence-corrected chi connectivity index (χ3v) is 4.75. The van der Waals surface area contributed by atoms with Crippen LogP contribution in [0.3, 0.4) is 0 Å². The summed E-state index contributed by atoms with van der Waals surface area (Å²) >= 11 is 0. The Morgan fingerprint density at radius 3 is 2.47 bits per heavy atom. The van der Waals surface area contributed by atoms with E-state index in [2.05, 4.69) is 43.1 Å². The van der Waals surface area contributed by atoms with E-state index in [9.17, 15) is 0 Å². The molecule has 8 heteroatoms. The predicted molar refractivity (Wildman–Crippen MR) is 116 cm³/mol. The average molecular weight is 400 g/mol. The molecule has 152 valence electrons. The van der Waals surface area contributed by atoms with Crippen LogP contribution >= 0.6 is 0 Å². The van der Waals surface area contributed by atoms with Gasteiger partial charge in [-0.05, 0) is 29.3 Å². The zero-order valence-electron chi connectivity index (χ0n) is 16.8. The SMILES string of the molecule is CN=C(NCc1ccccc1Cn1cccn1)NCc1nncn1-c1ccccc1. The molecular formula is C22H24N8. The fraction of sp³-hybridized carbons (Fsp3) is 0.182. The van der Waals surface area contributed by atoms with Gasteiger partial charge < -0.3 is 10.6 Å². The highest BCUT2D eigenvalue weighted by molar-refractivity contribution is 5.79. The second kappa shape index (κ2) is 9.51. The van der Waals surface area contributed by atoms with Crippen LogP contribution in [0.15, 0.2) is 84.4 Å². The van der Waals surface area contributed by atoms with E-state index >= 15 is 0 Å². The molecule has 2 aromatic carbocycles. The summed E-state index contributed by atoms with van der Waals surface area (Å²) < 4.78 is 3.88. The van der Waals surface area contributed by atoms with Crippen molar-refractivity contribution in [1.29, 1.82) is 0 Å². The number of nitrogens with zero attached hydrogens (tertiary/aromatic N) is 6. The molecule has 4 aromatic rings. The molecule has 0 saturated heterocycles. The van der Waals surface area contributed by atoms with E-state index in [1.165, 1.54) is 11.1 Å². The summed E-state index contributed by atoms with van der Waals surface area (Å²) in [6, 6.07) is 20.3. The highest BCUT2D eigenvalue weighted by Crippen LogP contribution is 2.11. The molecule has 0 aliphatic rings. The van der Waals surface area contributed by atoms with Crippen LogP contribution in [0.4, 0.5) is 0 Å². The third kappa shape index (κ3) is 4.72. The second-order valence-electron chi connectivity index (χ2n) is 6.70. The first-order valence-electron chi connectivity index (χ1n) is 9.76. The Labute approximate surface area is 175 Å². The van der Waals surface area contributed by atoms with Gasteiger partial charge in [0.2, 0.25) is 0 Å². The number of para-hydroxylation sites is 1. The van der Waals surface area contributed by atoms with Crippen molar-refractivity contribution in [2.45, 2.75) is 19.6 Å². The zero-order chi connectivity index (χ0) is 20.6. The Morgan fingerprint density at radius 1 is 0.933 bits per heavy atom. The van der Waals surface area contributed by atoms with Crippen molar-refractivity contribution in [3.63, 3.8) is 0 Å². The maximum absolute atomic E-state index is 4.33. The molecule has 8 nitrogen and oxygen atoms in total. The monoisotopic (exact) mass is 400 g/mol. The average Bonchev–Trinajstić information content (AvgIpc) is 3.47. The van der Waals surface area contributed by atoms with Crippen LogP contribution in [0.5, 0.6) is 0 Å². The number of benzene rings is 2. The largest absolute Gasteiger partial charge is 0.352 e. The number of guanidine groups is 1. The fourth-order valence-electron chi connectivity index (χ4n) is 3.20. The van der Waals surface area contributed by atoms with Gasteiger partial charge in [-0.15, -0.1) is 10.2 Å². The van der Waals surface area contributed by atoms with Crippen molar-refractivity contribution in [1.82, 2.24) is 35.2 Å². The zero-order valence-corrected chi connectivity index (χ0v) is 16.8. The number of hydrogen-bond acceptors (Lipinski definition) is 4. The first-order valence-corrected chi connectivity index (χ1v) is 9.76. The molecule has 0 aliphatic heterocycles. The lowest BCUT2D eigenvalue weighted by Crippen LogP contribution is -2.37. The number of hydrogen-bond donors (Lipinski definition) is 2. The van der Waals surface area contributed by atoms with Crippen LogP contribution in [0.1, 0.15) is 17.0 Å². The standard InChI is InChI=1S/C22H24N8/c1-23-22(25-15-21-28-26-17-30(21)20-10-3-2-4-11-20)24-14-18-8-5-6-9-19(18)16-29-13-7-12-27-29/h2-13,17H,14-16H2,1H3,(H2,23,24,25). The van der Waals surface area contributed by atoms with Crippen LogP contribution in [-0.4, -0.2) is 37.6 Å². The molecule has 0 saturated carbocycles. The van der Waals surface area contributed by atoms with Crippen LogP contribution in [0.2, 0.25) is 0 Å². The van der Waals surface area contributed by atoms with Crippen LogP contribution in [-0.2, 0) is 19.6 Å². The molecular weight excluding hydrogens is 376 g/mol. The summed E-state index contributed by atoms with van der Waals surface area (Å²) in [4.78, 5) is 4.33. The number of nitrogens with one attached hydrogen (secondary N) is 2. The normalized spacial score (nSPS) is 11.4. The van der Waals surface area contributed by atoms with Crippen molar-refractivity contribution >= 4 is 5.96 Å². The summed E-state index contributed by atoms with van der Waals surface area (Å²) in [6.07, 6.45) is 5.47. The molecule has 30 heavy (non-hydrogen) atoms. The lowest BCUT2D eigenvalue weighted by atomic mass is 10.1. The molecule has 0 spiro atoms. The van der Waals surface area contributed by atoms with E-state index in [0.29, 0.717) is 19.0 Å². The first kappa shape index (κ1) is 19.4. The summed E-state index contributed by atoms with van der Waals surface area (Å²) in [7, 11) is 1.76. The van der Waals surface area contributed by atoms with Crippen molar-refractivity contribution in [3.05, 3.63) is 96.3 Å². The molecule has 2 N–H and O–H groups in total. The lowest BCUT2D eigenvalue weighted by molar-refractivity contribution is 0.677. The first-order chi connectivity index (χ1) is 14.8. The maximum atomic E-state index is 4.33. The fourth-order valence-corrected chi connectivity index (χ4v) is 3.20. The van der Waals surface area contributed by atoms with Gasteiger partial charge in [0, 0.05) is 31.7 Å². The number of rotatable bonds is 7. The molecule has 0 radical (unpaired) electrons. The topological polar surface area (TPSA) is 84.9 Å². The van der Waals surface area contributed by atoms with E-state index in [1.807, 2.05) is 64.0 Å². The smallest absolute Gasteiger partial charge is 0.191 e. The molecule has 0 unspecified atom stereocenters. The summed E-state index contributed by atoms with van der Waals surface area (Å²) in [5.74, 6) is 1.51. The van der Waals surface area contributed by atoms with Crippen molar-refractivity contribution in [3.8, 4) is 5.69 Å². The van der Waals surface area contributed by atoms with Crippen LogP contribution < -0.4 is 10.6 Å². The molecule has 0 atom stereocenters. The Morgan fingerprint density at radius 2 is 1.70 bits per heavy atom. The predicted octanol–water partition coefficient (Wildman–Crippen LogP) is 2.38. The van der Waals surface area contributed by atoms with E-state index in [1.54, 1.807) is 19.6 Å². The lowest BCUT2D eigenvalue weighted by Gasteiger charge is -2.14. The van der Waals surface area contributed by atoms with Gasteiger partial charge in [-0.1, -0.05) is 42.5 Å². The van der Waals surface area contributed by atoms with Gasteiger partial charge in [-0.2, -0.15) is 5.10 Å². The summed E-state index contributed by atoms with van der Waals surface area (Å²) in [5, 5.41) is 19.3. The minimum absolute atomic E-state index is 0.503. The van der Waals surface area contributed by atoms with E-state index in [-0.39, 0.29) is 0 Å². The number of aliphatic imine (C=N–C) groups is 1. The third-order valence-electron chi connectivity index (χ3n) is 4.75. The van der Waals surface area contributed by atoms with Crippen molar-refractivity contribution in [2.24, 2.45) is 4.99 Å². The van der Waals surface area contributed by atoms with Gasteiger partial charge in [0.1, 0.15) is 6.33 Å². The molecule has 0 fully saturated rings. The van der Waals surface area contributed by atoms with Gasteiger partial charge in [-0.25, -0.2) is 0 Å². The Bertz CT molecular complexity index is 1080. The van der Waals surface area contributed by atoms with Crippen molar-refractivity contribution < 1.29 is 0 Å². The molecule has 0 aliphatic carbocycles. The minimum Gasteiger partial charge on any atom is -0.352 e. The van der Waals surface area contributed by atoms with Gasteiger partial charge in [0.25, 0.3) is 0 Å². The molecule has 2 aromatic heterocycles. The van der Waals surface area contributed by atoms with Gasteiger partial charge >= 0.3 is 0 Å².